The van der Waals surface area contributed by atoms with E-state index < -0.39 is 0 Å². The Balaban J connectivity index is 1.71. The van der Waals surface area contributed by atoms with Gasteiger partial charge in [0.1, 0.15) is 6.33 Å². The molecule has 0 aliphatic carbocycles. The molecule has 0 saturated heterocycles. The minimum atomic E-state index is -0.136. The van der Waals surface area contributed by atoms with E-state index >= 15 is 0 Å². The van der Waals surface area contributed by atoms with E-state index in [0.29, 0.717) is 22.3 Å². The number of aryl methyl sites for hydroxylation is 2. The number of nitrogens with zero attached hydrogens (tertiary/aromatic N) is 3. The third-order valence-corrected chi connectivity index (χ3v) is 5.43. The van der Waals surface area contributed by atoms with Gasteiger partial charge in [-0.1, -0.05) is 36.9 Å². The summed E-state index contributed by atoms with van der Waals surface area (Å²) < 4.78 is 12.5. The molecule has 0 fully saturated rings. The number of nitrogens with one attached hydrogen (secondary N) is 1. The first-order valence-corrected chi connectivity index (χ1v) is 10.2. The van der Waals surface area contributed by atoms with Crippen LogP contribution in [0.15, 0.2) is 47.9 Å². The predicted molar refractivity (Wildman–Crippen MR) is 114 cm³/mol. The fourth-order valence-corrected chi connectivity index (χ4v) is 3.69. The molecule has 29 heavy (non-hydrogen) atoms. The monoisotopic (exact) mass is 412 g/mol. The molecule has 0 aliphatic rings. The second kappa shape index (κ2) is 9.47. The van der Waals surface area contributed by atoms with E-state index in [9.17, 15) is 4.79 Å². The van der Waals surface area contributed by atoms with E-state index in [1.165, 1.54) is 17.3 Å². The second-order valence-corrected chi connectivity index (χ2v) is 7.27. The lowest BCUT2D eigenvalue weighted by molar-refractivity contribution is -0.113. The zero-order chi connectivity index (χ0) is 20.8. The summed E-state index contributed by atoms with van der Waals surface area (Å²) in [6.45, 7) is 4.01. The van der Waals surface area contributed by atoms with Gasteiger partial charge in [0.25, 0.3) is 0 Å². The Morgan fingerprint density at radius 3 is 2.62 bits per heavy atom. The van der Waals surface area contributed by atoms with Crippen molar-refractivity contribution in [3.8, 4) is 17.2 Å². The summed E-state index contributed by atoms with van der Waals surface area (Å²) in [4.78, 5) is 12.5. The molecule has 0 aliphatic heterocycles. The predicted octanol–water partition coefficient (Wildman–Crippen LogP) is 3.89. The molecule has 1 aromatic heterocycles. The van der Waals surface area contributed by atoms with E-state index in [4.69, 9.17) is 9.47 Å². The Bertz CT molecular complexity index is 1000. The quantitative estimate of drug-likeness (QED) is 0.566. The third kappa shape index (κ3) is 4.71. The molecule has 0 saturated carbocycles. The van der Waals surface area contributed by atoms with Crippen LogP contribution in [-0.4, -0.2) is 40.6 Å². The number of benzene rings is 2. The minimum Gasteiger partial charge on any atom is -0.493 e. The molecule has 0 unspecified atom stereocenters. The minimum absolute atomic E-state index is 0.136. The first kappa shape index (κ1) is 20.7. The Morgan fingerprint density at radius 1 is 1.17 bits per heavy atom. The van der Waals surface area contributed by atoms with Crippen molar-refractivity contribution in [3.63, 3.8) is 0 Å². The van der Waals surface area contributed by atoms with Crippen molar-refractivity contribution in [2.24, 2.45) is 0 Å². The number of methoxy groups -OCH3 is 2. The van der Waals surface area contributed by atoms with Crippen molar-refractivity contribution >= 4 is 23.4 Å². The highest BCUT2D eigenvalue weighted by atomic mass is 32.2. The topological polar surface area (TPSA) is 78.3 Å². The lowest BCUT2D eigenvalue weighted by Gasteiger charge is -2.14. The second-order valence-electron chi connectivity index (χ2n) is 6.32. The Labute approximate surface area is 174 Å². The van der Waals surface area contributed by atoms with E-state index in [0.717, 1.165) is 17.7 Å². The van der Waals surface area contributed by atoms with Crippen LogP contribution in [-0.2, 0) is 11.2 Å². The molecule has 0 spiro atoms. The third-order valence-electron chi connectivity index (χ3n) is 4.49. The zero-order valence-electron chi connectivity index (χ0n) is 16.9. The number of para-hydroxylation sites is 1. The fourth-order valence-electron chi connectivity index (χ4n) is 2.96. The van der Waals surface area contributed by atoms with Crippen LogP contribution in [0.25, 0.3) is 5.69 Å². The number of rotatable bonds is 8. The average molecular weight is 413 g/mol. The van der Waals surface area contributed by atoms with Crippen molar-refractivity contribution in [2.75, 3.05) is 25.3 Å². The number of aromatic nitrogens is 3. The Morgan fingerprint density at radius 2 is 1.90 bits per heavy atom. The van der Waals surface area contributed by atoms with Crippen LogP contribution < -0.4 is 14.8 Å². The maximum atomic E-state index is 12.5. The molecule has 0 radical (unpaired) electrons. The highest BCUT2D eigenvalue weighted by molar-refractivity contribution is 7.99. The molecule has 8 heteroatoms. The van der Waals surface area contributed by atoms with Crippen LogP contribution in [0.3, 0.4) is 0 Å². The van der Waals surface area contributed by atoms with Gasteiger partial charge in [-0.05, 0) is 36.6 Å². The first-order chi connectivity index (χ1) is 14.1. The van der Waals surface area contributed by atoms with Crippen LogP contribution in [0.5, 0.6) is 11.5 Å². The van der Waals surface area contributed by atoms with Crippen molar-refractivity contribution in [1.29, 1.82) is 0 Å². The molecule has 2 aromatic carbocycles. The van der Waals surface area contributed by atoms with Gasteiger partial charge in [0, 0.05) is 11.8 Å². The van der Waals surface area contributed by atoms with Crippen molar-refractivity contribution in [1.82, 2.24) is 14.8 Å². The van der Waals surface area contributed by atoms with Gasteiger partial charge in [0.15, 0.2) is 16.7 Å². The number of thioether (sulfide) groups is 1. The molecule has 1 N–H and O–H groups in total. The van der Waals surface area contributed by atoms with Crippen LogP contribution in [0.4, 0.5) is 5.69 Å². The summed E-state index contributed by atoms with van der Waals surface area (Å²) in [5.74, 6) is 1.27. The molecular formula is C21H24N4O3S. The molecular weight excluding hydrogens is 388 g/mol. The van der Waals surface area contributed by atoms with Gasteiger partial charge >= 0.3 is 0 Å². The lowest BCUT2D eigenvalue weighted by Crippen LogP contribution is -2.15. The van der Waals surface area contributed by atoms with Gasteiger partial charge in [-0.3, -0.25) is 9.36 Å². The molecule has 1 heterocycles. The van der Waals surface area contributed by atoms with Gasteiger partial charge in [0.05, 0.1) is 25.7 Å². The van der Waals surface area contributed by atoms with Crippen LogP contribution >= 0.6 is 11.8 Å². The van der Waals surface area contributed by atoms with E-state index in [1.807, 2.05) is 35.8 Å². The van der Waals surface area contributed by atoms with Crippen LogP contribution in [0.2, 0.25) is 0 Å². The van der Waals surface area contributed by atoms with Crippen molar-refractivity contribution in [2.45, 2.75) is 25.4 Å². The molecule has 152 valence electrons. The summed E-state index contributed by atoms with van der Waals surface area (Å²) >= 11 is 1.34. The maximum absolute atomic E-state index is 12.5. The van der Waals surface area contributed by atoms with E-state index in [2.05, 4.69) is 28.5 Å². The van der Waals surface area contributed by atoms with Crippen LogP contribution in [0, 0.1) is 6.92 Å². The fraction of sp³-hybridized carbons (Fsp3) is 0.286. The molecule has 7 nitrogen and oxygen atoms in total. The summed E-state index contributed by atoms with van der Waals surface area (Å²) in [6.07, 6.45) is 2.57. The summed E-state index contributed by atoms with van der Waals surface area (Å²) in [5.41, 5.74) is 3.80. The number of ether oxygens (including phenoxy) is 2. The summed E-state index contributed by atoms with van der Waals surface area (Å²) in [7, 11) is 3.15. The molecule has 3 rings (SSSR count). The standard InChI is InChI=1S/C21H24N4O3S/c1-5-15-8-6-7-9-17(15)25-13-22-24-21(25)29-12-20(26)23-16-11-19(28-4)18(27-3)10-14(16)2/h6-11,13H,5,12H2,1-4H3,(H,23,26). The number of carbonyl (C=O) groups excluding carboxylic acids is 1. The first-order valence-electron chi connectivity index (χ1n) is 9.21. The number of carbonyl (C=O) groups is 1. The number of anilines is 1. The summed E-state index contributed by atoms with van der Waals surface area (Å²) in [5, 5.41) is 11.8. The molecule has 0 bridgehead atoms. The molecule has 3 aromatic rings. The van der Waals surface area contributed by atoms with Gasteiger partial charge in [-0.2, -0.15) is 0 Å². The lowest BCUT2D eigenvalue weighted by atomic mass is 10.1. The Kier molecular flexibility index (Phi) is 6.77. The number of amides is 1. The van der Waals surface area contributed by atoms with Crippen molar-refractivity contribution < 1.29 is 14.3 Å². The van der Waals surface area contributed by atoms with Gasteiger partial charge < -0.3 is 14.8 Å². The Hall–Kier alpha value is -3.00. The largest absolute Gasteiger partial charge is 0.493 e. The van der Waals surface area contributed by atoms with E-state index in [1.54, 1.807) is 26.6 Å². The smallest absolute Gasteiger partial charge is 0.234 e. The van der Waals surface area contributed by atoms with Crippen molar-refractivity contribution in [3.05, 3.63) is 53.9 Å². The highest BCUT2D eigenvalue weighted by Gasteiger charge is 2.14. The zero-order valence-corrected chi connectivity index (χ0v) is 17.7. The molecule has 0 atom stereocenters. The maximum Gasteiger partial charge on any atom is 0.234 e. The normalized spacial score (nSPS) is 10.6. The number of hydrogen-bond acceptors (Lipinski definition) is 6. The number of hydrogen-bond donors (Lipinski definition) is 1. The van der Waals surface area contributed by atoms with Gasteiger partial charge in [-0.25, -0.2) is 0 Å². The van der Waals surface area contributed by atoms with Gasteiger partial charge in [-0.15, -0.1) is 10.2 Å². The van der Waals surface area contributed by atoms with Crippen LogP contribution in [0.1, 0.15) is 18.1 Å². The SMILES string of the molecule is CCc1ccccc1-n1cnnc1SCC(=O)Nc1cc(OC)c(OC)cc1C. The molecule has 1 amide bonds. The highest BCUT2D eigenvalue weighted by Crippen LogP contribution is 2.33. The van der Waals surface area contributed by atoms with Gasteiger partial charge in [0.2, 0.25) is 5.91 Å². The average Bonchev–Trinajstić information content (AvgIpc) is 3.21. The summed E-state index contributed by atoms with van der Waals surface area (Å²) in [6, 6.07) is 11.7. The van der Waals surface area contributed by atoms with E-state index in [-0.39, 0.29) is 11.7 Å².